The van der Waals surface area contributed by atoms with Crippen molar-refractivity contribution < 1.29 is 47.6 Å². The van der Waals surface area contributed by atoms with Crippen LogP contribution in [-0.2, 0) is 60.8 Å². The van der Waals surface area contributed by atoms with Gasteiger partial charge >= 0.3 is 23.9 Å². The molecule has 0 spiro atoms. The summed E-state index contributed by atoms with van der Waals surface area (Å²) in [6.45, 7) is 7.22. The predicted octanol–water partition coefficient (Wildman–Crippen LogP) is 3.32. The number of ether oxygens (including phenoxy) is 6. The lowest BCUT2D eigenvalue weighted by atomic mass is 10.2. The average Bonchev–Trinajstić information content (AvgIpc) is 2.93. The number of carbonyl (C=O) groups excluding carboxylic acids is 4. The summed E-state index contributed by atoms with van der Waals surface area (Å²) in [4.78, 5) is 48.3. The molecule has 0 N–H and O–H groups in total. The van der Waals surface area contributed by atoms with Crippen molar-refractivity contribution in [2.75, 3.05) is 26.4 Å². The Kier molecular flexibility index (Phi) is 14.0. The number of esters is 4. The topological polar surface area (TPSA) is 124 Å². The van der Waals surface area contributed by atoms with Crippen molar-refractivity contribution in [3.8, 4) is 0 Å². The first-order valence-electron chi connectivity index (χ1n) is 12.4. The maximum atomic E-state index is 12.2. The van der Waals surface area contributed by atoms with Crippen molar-refractivity contribution in [1.29, 1.82) is 0 Å². The van der Waals surface area contributed by atoms with Crippen molar-refractivity contribution in [2.24, 2.45) is 0 Å². The van der Waals surface area contributed by atoms with Gasteiger partial charge in [-0.25, -0.2) is 14.4 Å². The molecule has 0 saturated carbocycles. The third kappa shape index (κ3) is 12.9. The summed E-state index contributed by atoms with van der Waals surface area (Å²) in [6.07, 6.45) is -2.96. The number of carbonyl (C=O) groups is 4. The van der Waals surface area contributed by atoms with Crippen LogP contribution in [0.15, 0.2) is 72.8 Å². The van der Waals surface area contributed by atoms with Gasteiger partial charge in [0, 0.05) is 5.57 Å². The fourth-order valence-electron chi connectivity index (χ4n) is 2.99. The van der Waals surface area contributed by atoms with Crippen LogP contribution in [0.4, 0.5) is 0 Å². The Morgan fingerprint density at radius 3 is 1.56 bits per heavy atom. The van der Waals surface area contributed by atoms with Gasteiger partial charge in [0.25, 0.3) is 0 Å². The second-order valence-corrected chi connectivity index (χ2v) is 8.37. The number of rotatable bonds is 17. The second-order valence-electron chi connectivity index (χ2n) is 8.37. The molecule has 0 aliphatic heterocycles. The predicted molar refractivity (Wildman–Crippen MR) is 139 cm³/mol. The highest BCUT2D eigenvalue weighted by atomic mass is 16.6. The molecule has 0 aromatic heterocycles. The largest absolute Gasteiger partial charge is 0.461 e. The van der Waals surface area contributed by atoms with Gasteiger partial charge in [-0.05, 0) is 25.0 Å². The molecular formula is C29H34O10. The standard InChI is InChI=1S/C29H34O10/c1-21(27(31)39-23(3)29(33)37-17-15-35-20-25-12-8-5-9-13-25)18-26(30)38-22(2)28(32)36-16-14-34-19-24-10-6-4-7-11-24/h4-13,22-23H,1,14-20H2,2-3H3. The summed E-state index contributed by atoms with van der Waals surface area (Å²) in [7, 11) is 0. The Bertz CT molecular complexity index is 1070. The molecule has 0 saturated heterocycles. The first-order valence-corrected chi connectivity index (χ1v) is 12.4. The van der Waals surface area contributed by atoms with Crippen LogP contribution in [0.3, 0.4) is 0 Å². The minimum absolute atomic E-state index is 0.0142. The van der Waals surface area contributed by atoms with E-state index in [0.29, 0.717) is 13.2 Å². The molecule has 0 radical (unpaired) electrons. The average molecular weight is 543 g/mol. The molecule has 2 aromatic rings. The van der Waals surface area contributed by atoms with Crippen molar-refractivity contribution in [3.63, 3.8) is 0 Å². The van der Waals surface area contributed by atoms with E-state index in [9.17, 15) is 19.2 Å². The van der Waals surface area contributed by atoms with Gasteiger partial charge in [-0.2, -0.15) is 0 Å². The normalized spacial score (nSPS) is 12.1. The molecule has 2 rings (SSSR count). The highest BCUT2D eigenvalue weighted by Crippen LogP contribution is 2.09. The Morgan fingerprint density at radius 1 is 0.667 bits per heavy atom. The highest BCUT2D eigenvalue weighted by Gasteiger charge is 2.24. The Morgan fingerprint density at radius 2 is 1.10 bits per heavy atom. The highest BCUT2D eigenvalue weighted by molar-refractivity contribution is 5.95. The number of benzene rings is 2. The lowest BCUT2D eigenvalue weighted by molar-refractivity contribution is -0.168. The minimum Gasteiger partial charge on any atom is -0.461 e. The third-order valence-corrected chi connectivity index (χ3v) is 5.07. The van der Waals surface area contributed by atoms with E-state index >= 15 is 0 Å². The lowest BCUT2D eigenvalue weighted by Crippen LogP contribution is -2.29. The van der Waals surface area contributed by atoms with Gasteiger partial charge in [-0.1, -0.05) is 67.2 Å². The molecular weight excluding hydrogens is 508 g/mol. The minimum atomic E-state index is -1.22. The molecule has 0 heterocycles. The van der Waals surface area contributed by atoms with Crippen molar-refractivity contribution in [1.82, 2.24) is 0 Å². The summed E-state index contributed by atoms with van der Waals surface area (Å²) >= 11 is 0. The van der Waals surface area contributed by atoms with Crippen molar-refractivity contribution in [3.05, 3.63) is 83.9 Å². The fraction of sp³-hybridized carbons (Fsp3) is 0.379. The summed E-state index contributed by atoms with van der Waals surface area (Å²) in [5, 5.41) is 0. The molecule has 10 nitrogen and oxygen atoms in total. The first kappa shape index (κ1) is 31.2. The van der Waals surface area contributed by atoms with E-state index in [-0.39, 0.29) is 32.0 Å². The van der Waals surface area contributed by atoms with E-state index in [4.69, 9.17) is 28.4 Å². The lowest BCUT2D eigenvalue weighted by Gasteiger charge is -2.15. The smallest absolute Gasteiger partial charge is 0.347 e. The molecule has 0 fully saturated rings. The van der Waals surface area contributed by atoms with Crippen LogP contribution in [0.5, 0.6) is 0 Å². The summed E-state index contributed by atoms with van der Waals surface area (Å²) in [5.41, 5.74) is 1.72. The summed E-state index contributed by atoms with van der Waals surface area (Å²) in [6, 6.07) is 19.0. The maximum absolute atomic E-state index is 12.2. The van der Waals surface area contributed by atoms with Gasteiger partial charge in [-0.3, -0.25) is 4.79 Å². The van der Waals surface area contributed by atoms with E-state index in [1.165, 1.54) is 13.8 Å². The van der Waals surface area contributed by atoms with Gasteiger partial charge in [-0.15, -0.1) is 0 Å². The molecule has 210 valence electrons. The maximum Gasteiger partial charge on any atom is 0.347 e. The van der Waals surface area contributed by atoms with Gasteiger partial charge in [0.1, 0.15) is 13.2 Å². The zero-order chi connectivity index (χ0) is 28.5. The van der Waals surface area contributed by atoms with Crippen LogP contribution in [0.1, 0.15) is 31.4 Å². The van der Waals surface area contributed by atoms with Crippen LogP contribution in [0.2, 0.25) is 0 Å². The quantitative estimate of drug-likeness (QED) is 0.127. The van der Waals surface area contributed by atoms with E-state index in [1.807, 2.05) is 60.7 Å². The van der Waals surface area contributed by atoms with Crippen molar-refractivity contribution in [2.45, 2.75) is 45.7 Å². The first-order chi connectivity index (χ1) is 18.8. The zero-order valence-electron chi connectivity index (χ0n) is 22.2. The molecule has 2 unspecified atom stereocenters. The molecule has 39 heavy (non-hydrogen) atoms. The van der Waals surface area contributed by atoms with E-state index in [1.54, 1.807) is 0 Å². The Hall–Kier alpha value is -4.02. The SMILES string of the molecule is C=C(CC(=O)OC(C)C(=O)OCCOCc1ccccc1)C(=O)OC(C)C(=O)OCCOCc1ccccc1. The third-order valence-electron chi connectivity index (χ3n) is 5.07. The molecule has 10 heteroatoms. The molecule has 0 amide bonds. The monoisotopic (exact) mass is 542 g/mol. The molecule has 0 aliphatic rings. The summed E-state index contributed by atoms with van der Waals surface area (Å²) < 4.78 is 30.9. The Labute approximate surface area is 227 Å². The fourth-order valence-corrected chi connectivity index (χ4v) is 2.99. The van der Waals surface area contributed by atoms with E-state index in [2.05, 4.69) is 6.58 Å². The molecule has 2 aromatic carbocycles. The second kappa shape index (κ2) is 17.5. The van der Waals surface area contributed by atoms with Crippen LogP contribution in [0, 0.1) is 0 Å². The molecule has 2 atom stereocenters. The van der Waals surface area contributed by atoms with Crippen LogP contribution in [0.25, 0.3) is 0 Å². The van der Waals surface area contributed by atoms with Gasteiger partial charge in [0.15, 0.2) is 12.2 Å². The molecule has 0 aliphatic carbocycles. The van der Waals surface area contributed by atoms with Crippen LogP contribution in [-0.4, -0.2) is 62.5 Å². The van der Waals surface area contributed by atoms with E-state index < -0.39 is 42.5 Å². The number of hydrogen-bond donors (Lipinski definition) is 0. The summed E-state index contributed by atoms with van der Waals surface area (Å²) in [5.74, 6) is -3.38. The Balaban J connectivity index is 1.57. The van der Waals surface area contributed by atoms with E-state index in [0.717, 1.165) is 11.1 Å². The molecule has 0 bridgehead atoms. The van der Waals surface area contributed by atoms with Gasteiger partial charge in [0.05, 0.1) is 32.8 Å². The van der Waals surface area contributed by atoms with Crippen LogP contribution >= 0.6 is 0 Å². The van der Waals surface area contributed by atoms with Gasteiger partial charge in [0.2, 0.25) is 0 Å². The van der Waals surface area contributed by atoms with Gasteiger partial charge < -0.3 is 28.4 Å². The zero-order valence-corrected chi connectivity index (χ0v) is 22.2. The van der Waals surface area contributed by atoms with Crippen LogP contribution < -0.4 is 0 Å². The number of hydrogen-bond acceptors (Lipinski definition) is 10. The van der Waals surface area contributed by atoms with Crippen molar-refractivity contribution >= 4 is 23.9 Å².